The summed E-state index contributed by atoms with van der Waals surface area (Å²) < 4.78 is 68.5. The van der Waals surface area contributed by atoms with Gasteiger partial charge in [0.25, 0.3) is 0 Å². The lowest BCUT2D eigenvalue weighted by Crippen LogP contribution is -2.43. The topological polar surface area (TPSA) is 103 Å². The van der Waals surface area contributed by atoms with Crippen molar-refractivity contribution in [1.82, 2.24) is 10.6 Å². The van der Waals surface area contributed by atoms with E-state index in [-0.39, 0.29) is 62.8 Å². The van der Waals surface area contributed by atoms with Crippen LogP contribution in [0.2, 0.25) is 0 Å². The van der Waals surface area contributed by atoms with Crippen LogP contribution in [0.3, 0.4) is 0 Å². The minimum absolute atomic E-state index is 0.0176. The van der Waals surface area contributed by atoms with Crippen LogP contribution in [0.5, 0.6) is 5.75 Å². The molecule has 1 fully saturated rings. The van der Waals surface area contributed by atoms with E-state index in [2.05, 4.69) is 22.3 Å². The Morgan fingerprint density at radius 3 is 1.50 bits per heavy atom. The van der Waals surface area contributed by atoms with Crippen molar-refractivity contribution in [2.24, 2.45) is 0 Å². The van der Waals surface area contributed by atoms with E-state index in [0.717, 1.165) is 38.5 Å². The lowest BCUT2D eigenvalue weighted by molar-refractivity contribution is -0.136. The van der Waals surface area contributed by atoms with Crippen LogP contribution in [0.4, 0.5) is 17.6 Å². The second kappa shape index (κ2) is 25.3. The zero-order valence-electron chi connectivity index (χ0n) is 28.7. The second-order valence-electron chi connectivity index (χ2n) is 12.7. The molecular formula is C36H56F4N2O6. The minimum atomic E-state index is -1.80. The average Bonchev–Trinajstić information content (AvgIpc) is 3.06. The maximum atomic E-state index is 13.6. The number of nitrogens with one attached hydrogen (secondary N) is 2. The molecule has 0 aromatic heterocycles. The quantitative estimate of drug-likeness (QED) is 0.0337. The van der Waals surface area contributed by atoms with E-state index in [1.165, 1.54) is 70.6 Å². The summed E-state index contributed by atoms with van der Waals surface area (Å²) in [5.74, 6) is -9.52. The third-order valence-corrected chi connectivity index (χ3v) is 8.55. The van der Waals surface area contributed by atoms with Gasteiger partial charge in [-0.15, -0.1) is 0 Å². The van der Waals surface area contributed by atoms with Gasteiger partial charge in [-0.1, -0.05) is 84.0 Å². The Balaban J connectivity index is 1.39. The van der Waals surface area contributed by atoms with Crippen LogP contribution in [0.25, 0.3) is 0 Å². The van der Waals surface area contributed by atoms with Crippen molar-refractivity contribution in [1.29, 1.82) is 0 Å². The van der Waals surface area contributed by atoms with Gasteiger partial charge < -0.3 is 24.8 Å². The maximum Gasteiger partial charge on any atom is 0.313 e. The smallest absolute Gasteiger partial charge is 0.313 e. The molecule has 8 nitrogen and oxygen atoms in total. The maximum absolute atomic E-state index is 13.6. The number of rotatable bonds is 26. The van der Waals surface area contributed by atoms with Gasteiger partial charge in [-0.05, 0) is 32.1 Å². The molecule has 0 spiro atoms. The molecular weight excluding hydrogens is 632 g/mol. The molecule has 48 heavy (non-hydrogen) atoms. The van der Waals surface area contributed by atoms with Gasteiger partial charge in [0, 0.05) is 31.0 Å². The first kappa shape index (κ1) is 41.4. The zero-order chi connectivity index (χ0) is 35.0. The van der Waals surface area contributed by atoms with Crippen molar-refractivity contribution in [3.8, 4) is 5.75 Å². The lowest BCUT2D eigenvalue weighted by atomic mass is 9.91. The van der Waals surface area contributed by atoms with Gasteiger partial charge in [0.15, 0.2) is 11.6 Å². The van der Waals surface area contributed by atoms with E-state index in [9.17, 15) is 31.9 Å². The van der Waals surface area contributed by atoms with Crippen LogP contribution >= 0.6 is 0 Å². The highest BCUT2D eigenvalue weighted by molar-refractivity contribution is 5.77. The Morgan fingerprint density at radius 1 is 0.604 bits per heavy atom. The summed E-state index contributed by atoms with van der Waals surface area (Å²) in [6.07, 6.45) is 20.3. The standard InChI is InChI=1S/C36H56F4N2O6/c1-2-3-4-5-6-7-8-9-10-11-12-13-14-15-31(43)41-27-16-18-28(19-17-27)42-32(44)20-22-46-24-25-47-23-21-33(45)48-36-34(39)29(37)26-30(38)35(36)40/h26-28H,2-25H2,1H3,(H,41,43)(H,42,44)/t27-,28-. The first-order valence-electron chi connectivity index (χ1n) is 18.0. The molecule has 1 saturated carbocycles. The Labute approximate surface area is 283 Å². The fraction of sp³-hybridized carbons (Fsp3) is 0.750. The van der Waals surface area contributed by atoms with Crippen LogP contribution in [-0.2, 0) is 23.9 Å². The first-order valence-corrected chi connectivity index (χ1v) is 18.0. The zero-order valence-corrected chi connectivity index (χ0v) is 28.7. The number of ether oxygens (including phenoxy) is 3. The summed E-state index contributed by atoms with van der Waals surface area (Å²) in [5.41, 5.74) is 0. The molecule has 0 bridgehead atoms. The number of carbonyl (C=O) groups is 3. The normalized spacial score (nSPS) is 16.1. The van der Waals surface area contributed by atoms with Crippen LogP contribution in [0.1, 0.15) is 135 Å². The third-order valence-electron chi connectivity index (χ3n) is 8.55. The summed E-state index contributed by atoms with van der Waals surface area (Å²) in [6.45, 7) is 2.48. The number of amides is 2. The van der Waals surface area contributed by atoms with Crippen molar-refractivity contribution in [3.05, 3.63) is 29.3 Å². The number of benzene rings is 1. The molecule has 1 aromatic carbocycles. The molecule has 12 heteroatoms. The second-order valence-corrected chi connectivity index (χ2v) is 12.7. The summed E-state index contributed by atoms with van der Waals surface area (Å²) in [6, 6.07) is 0.245. The third kappa shape index (κ3) is 18.1. The Kier molecular flexibility index (Phi) is 21.8. The van der Waals surface area contributed by atoms with Gasteiger partial charge in [-0.25, -0.2) is 8.78 Å². The highest BCUT2D eigenvalue weighted by Crippen LogP contribution is 2.27. The van der Waals surface area contributed by atoms with Gasteiger partial charge in [0.2, 0.25) is 29.2 Å². The molecule has 1 aromatic rings. The number of carbonyl (C=O) groups excluding carboxylic acids is 3. The lowest BCUT2D eigenvalue weighted by Gasteiger charge is -2.29. The van der Waals surface area contributed by atoms with Crippen molar-refractivity contribution < 1.29 is 46.2 Å². The molecule has 1 aliphatic carbocycles. The van der Waals surface area contributed by atoms with E-state index in [0.29, 0.717) is 6.42 Å². The van der Waals surface area contributed by atoms with Crippen molar-refractivity contribution in [2.75, 3.05) is 26.4 Å². The van der Waals surface area contributed by atoms with Gasteiger partial charge in [-0.3, -0.25) is 14.4 Å². The highest BCUT2D eigenvalue weighted by Gasteiger charge is 2.24. The number of hydrogen-bond donors (Lipinski definition) is 2. The molecule has 0 atom stereocenters. The Bertz CT molecular complexity index is 1060. The first-order chi connectivity index (χ1) is 23.2. The Hall–Kier alpha value is -2.73. The molecule has 1 aliphatic rings. The van der Waals surface area contributed by atoms with Crippen LogP contribution < -0.4 is 15.4 Å². The van der Waals surface area contributed by atoms with Crippen LogP contribution in [0.15, 0.2) is 6.07 Å². The SMILES string of the molecule is CCCCCCCCCCCCCCCC(=O)N[C@H]1CC[C@H](NC(=O)CCOCCOCCC(=O)Oc2c(F)c(F)cc(F)c2F)CC1. The van der Waals surface area contributed by atoms with Gasteiger partial charge in [-0.2, -0.15) is 8.78 Å². The predicted octanol–water partition coefficient (Wildman–Crippen LogP) is 7.99. The number of halogens is 4. The Morgan fingerprint density at radius 2 is 1.02 bits per heavy atom. The van der Waals surface area contributed by atoms with Crippen molar-refractivity contribution in [2.45, 2.75) is 147 Å². The van der Waals surface area contributed by atoms with Crippen molar-refractivity contribution >= 4 is 17.8 Å². The van der Waals surface area contributed by atoms with Crippen LogP contribution in [0, 0.1) is 23.3 Å². The molecule has 2 N–H and O–H groups in total. The number of unbranched alkanes of at least 4 members (excludes halogenated alkanes) is 12. The molecule has 0 unspecified atom stereocenters. The fourth-order valence-electron chi connectivity index (χ4n) is 5.73. The fourth-order valence-corrected chi connectivity index (χ4v) is 5.73. The molecule has 0 radical (unpaired) electrons. The van der Waals surface area contributed by atoms with E-state index < -0.39 is 41.4 Å². The van der Waals surface area contributed by atoms with Gasteiger partial charge in [0.05, 0.1) is 32.8 Å². The van der Waals surface area contributed by atoms with E-state index >= 15 is 0 Å². The summed E-state index contributed by atoms with van der Waals surface area (Å²) >= 11 is 0. The summed E-state index contributed by atoms with van der Waals surface area (Å²) in [7, 11) is 0. The van der Waals surface area contributed by atoms with E-state index in [4.69, 9.17) is 9.47 Å². The largest absolute Gasteiger partial charge is 0.420 e. The average molecular weight is 689 g/mol. The molecule has 0 aliphatic heterocycles. The molecule has 2 amide bonds. The van der Waals surface area contributed by atoms with Crippen molar-refractivity contribution in [3.63, 3.8) is 0 Å². The number of hydrogen-bond acceptors (Lipinski definition) is 6. The molecule has 2 rings (SSSR count). The van der Waals surface area contributed by atoms with Gasteiger partial charge >= 0.3 is 5.97 Å². The van der Waals surface area contributed by atoms with E-state index in [1.807, 2.05) is 0 Å². The molecule has 0 heterocycles. The molecule has 274 valence electrons. The van der Waals surface area contributed by atoms with E-state index in [1.54, 1.807) is 0 Å². The minimum Gasteiger partial charge on any atom is -0.420 e. The summed E-state index contributed by atoms with van der Waals surface area (Å²) in [5, 5.41) is 6.17. The summed E-state index contributed by atoms with van der Waals surface area (Å²) in [4.78, 5) is 36.4. The monoisotopic (exact) mass is 688 g/mol. The highest BCUT2D eigenvalue weighted by atomic mass is 19.2. The number of esters is 1. The predicted molar refractivity (Wildman–Crippen MR) is 175 cm³/mol. The van der Waals surface area contributed by atoms with Crippen LogP contribution in [-0.4, -0.2) is 56.3 Å². The molecule has 0 saturated heterocycles. The van der Waals surface area contributed by atoms with Gasteiger partial charge in [0.1, 0.15) is 0 Å².